The van der Waals surface area contributed by atoms with E-state index in [9.17, 15) is 4.79 Å². The molecule has 16 heavy (non-hydrogen) atoms. The third-order valence-corrected chi connectivity index (χ3v) is 2.96. The van der Waals surface area contributed by atoms with Gasteiger partial charge >= 0.3 is 0 Å². The number of nitrogens with one attached hydrogen (secondary N) is 1. The van der Waals surface area contributed by atoms with Gasteiger partial charge in [0.05, 0.1) is 16.4 Å². The van der Waals surface area contributed by atoms with Gasteiger partial charge in [0, 0.05) is 20.3 Å². The Morgan fingerprint density at radius 1 is 1.69 bits per heavy atom. The van der Waals surface area contributed by atoms with Crippen LogP contribution in [0, 0.1) is 6.92 Å². The molecule has 1 aromatic rings. The normalized spacial score (nSPS) is 10.4. The lowest BCUT2D eigenvalue weighted by atomic mass is 10.4. The van der Waals surface area contributed by atoms with Gasteiger partial charge in [-0.15, -0.1) is 0 Å². The Balaban J connectivity index is 2.31. The van der Waals surface area contributed by atoms with Gasteiger partial charge in [-0.2, -0.15) is 5.10 Å². The molecule has 0 saturated carbocycles. The average molecular weight is 290 g/mol. The van der Waals surface area contributed by atoms with E-state index >= 15 is 0 Å². The van der Waals surface area contributed by atoms with Crippen molar-refractivity contribution in [3.63, 3.8) is 0 Å². The lowest BCUT2D eigenvalue weighted by Gasteiger charge is -2.06. The first-order valence-electron chi connectivity index (χ1n) is 5.08. The molecular formula is C10H16BrN3O2. The minimum Gasteiger partial charge on any atom is -0.385 e. The molecule has 0 aliphatic heterocycles. The van der Waals surface area contributed by atoms with Crippen LogP contribution in [-0.2, 0) is 16.1 Å². The maximum absolute atomic E-state index is 11.5. The molecule has 1 heterocycles. The fraction of sp³-hybridized carbons (Fsp3) is 0.600. The Labute approximate surface area is 103 Å². The number of carbonyl (C=O) groups excluding carboxylic acids is 1. The van der Waals surface area contributed by atoms with Crippen LogP contribution in [0.5, 0.6) is 0 Å². The van der Waals surface area contributed by atoms with Crippen LogP contribution in [0.3, 0.4) is 0 Å². The molecule has 0 aliphatic carbocycles. The average Bonchev–Trinajstić information content (AvgIpc) is 2.56. The summed E-state index contributed by atoms with van der Waals surface area (Å²) in [7, 11) is 1.65. The highest BCUT2D eigenvalue weighted by Crippen LogP contribution is 2.13. The predicted molar refractivity (Wildman–Crippen MR) is 64.2 cm³/mol. The highest BCUT2D eigenvalue weighted by molar-refractivity contribution is 9.10. The number of nitrogens with zero attached hydrogens (tertiary/aromatic N) is 2. The summed E-state index contributed by atoms with van der Waals surface area (Å²) < 4.78 is 7.47. The summed E-state index contributed by atoms with van der Waals surface area (Å²) in [5, 5.41) is 6.89. The standard InChI is InChI=1S/C10H16BrN3O2/c1-8-9(11)6-13-14(8)7-10(15)12-4-3-5-16-2/h6H,3-5,7H2,1-2H3,(H,12,15). The molecule has 90 valence electrons. The molecule has 1 amide bonds. The molecule has 0 aliphatic rings. The van der Waals surface area contributed by atoms with Gasteiger partial charge in [0.25, 0.3) is 0 Å². The minimum absolute atomic E-state index is 0.0326. The van der Waals surface area contributed by atoms with E-state index in [4.69, 9.17) is 4.74 Å². The van der Waals surface area contributed by atoms with E-state index in [1.165, 1.54) is 0 Å². The van der Waals surface area contributed by atoms with Crippen LogP contribution in [-0.4, -0.2) is 35.9 Å². The summed E-state index contributed by atoms with van der Waals surface area (Å²) in [5.74, 6) is -0.0326. The summed E-state index contributed by atoms with van der Waals surface area (Å²) in [6.07, 6.45) is 2.51. The van der Waals surface area contributed by atoms with Gasteiger partial charge in [-0.1, -0.05) is 0 Å². The zero-order chi connectivity index (χ0) is 12.0. The van der Waals surface area contributed by atoms with Gasteiger partial charge in [0.1, 0.15) is 6.54 Å². The lowest BCUT2D eigenvalue weighted by Crippen LogP contribution is -2.29. The van der Waals surface area contributed by atoms with E-state index in [0.29, 0.717) is 13.2 Å². The van der Waals surface area contributed by atoms with Crippen molar-refractivity contribution in [2.75, 3.05) is 20.3 Å². The second kappa shape index (κ2) is 6.65. The highest BCUT2D eigenvalue weighted by Gasteiger charge is 2.07. The molecule has 0 atom stereocenters. The van der Waals surface area contributed by atoms with Gasteiger partial charge in [-0.25, -0.2) is 0 Å². The van der Waals surface area contributed by atoms with Crippen molar-refractivity contribution >= 4 is 21.8 Å². The van der Waals surface area contributed by atoms with Gasteiger partial charge in [0.2, 0.25) is 5.91 Å². The van der Waals surface area contributed by atoms with Crippen LogP contribution < -0.4 is 5.32 Å². The third-order valence-electron chi connectivity index (χ3n) is 2.18. The summed E-state index contributed by atoms with van der Waals surface area (Å²) in [5.41, 5.74) is 0.951. The summed E-state index contributed by atoms with van der Waals surface area (Å²) >= 11 is 3.35. The number of methoxy groups -OCH3 is 1. The number of hydrogen-bond acceptors (Lipinski definition) is 3. The molecule has 6 heteroatoms. The Kier molecular flexibility index (Phi) is 5.48. The summed E-state index contributed by atoms with van der Waals surface area (Å²) in [6, 6.07) is 0. The zero-order valence-corrected chi connectivity index (χ0v) is 11.1. The van der Waals surface area contributed by atoms with Crippen LogP contribution in [0.25, 0.3) is 0 Å². The topological polar surface area (TPSA) is 56.1 Å². The van der Waals surface area contributed by atoms with E-state index < -0.39 is 0 Å². The Hall–Kier alpha value is -0.880. The van der Waals surface area contributed by atoms with E-state index in [-0.39, 0.29) is 12.5 Å². The SMILES string of the molecule is COCCCNC(=O)Cn1ncc(Br)c1C. The number of rotatable bonds is 6. The van der Waals surface area contributed by atoms with Crippen LogP contribution in [0.2, 0.25) is 0 Å². The Morgan fingerprint density at radius 2 is 2.44 bits per heavy atom. The van der Waals surface area contributed by atoms with Crippen LogP contribution in [0.4, 0.5) is 0 Å². The highest BCUT2D eigenvalue weighted by atomic mass is 79.9. The number of halogens is 1. The van der Waals surface area contributed by atoms with E-state index in [1.54, 1.807) is 18.0 Å². The molecule has 1 rings (SSSR count). The molecule has 1 aromatic heterocycles. The van der Waals surface area contributed by atoms with Gasteiger partial charge < -0.3 is 10.1 Å². The minimum atomic E-state index is -0.0326. The quantitative estimate of drug-likeness (QED) is 0.798. The molecule has 5 nitrogen and oxygen atoms in total. The summed E-state index contributed by atoms with van der Waals surface area (Å²) in [6.45, 7) is 3.46. The van der Waals surface area contributed by atoms with Gasteiger partial charge in [-0.05, 0) is 29.3 Å². The molecule has 1 N–H and O–H groups in total. The molecule has 0 spiro atoms. The third kappa shape index (κ3) is 3.94. The monoisotopic (exact) mass is 289 g/mol. The molecule has 0 bridgehead atoms. The molecule has 0 saturated heterocycles. The van der Waals surface area contributed by atoms with Crippen molar-refractivity contribution in [2.45, 2.75) is 19.9 Å². The Bertz CT molecular complexity index is 352. The van der Waals surface area contributed by atoms with Crippen molar-refractivity contribution in [3.05, 3.63) is 16.4 Å². The van der Waals surface area contributed by atoms with Crippen LogP contribution in [0.1, 0.15) is 12.1 Å². The van der Waals surface area contributed by atoms with Crippen LogP contribution >= 0.6 is 15.9 Å². The van der Waals surface area contributed by atoms with Crippen molar-refractivity contribution in [2.24, 2.45) is 0 Å². The maximum atomic E-state index is 11.5. The van der Waals surface area contributed by atoms with Gasteiger partial charge in [-0.3, -0.25) is 9.48 Å². The molecule has 0 radical (unpaired) electrons. The second-order valence-electron chi connectivity index (χ2n) is 3.43. The van der Waals surface area contributed by atoms with E-state index in [0.717, 1.165) is 16.6 Å². The van der Waals surface area contributed by atoms with Crippen molar-refractivity contribution < 1.29 is 9.53 Å². The molecule has 0 aromatic carbocycles. The van der Waals surface area contributed by atoms with Crippen molar-refractivity contribution in [1.82, 2.24) is 15.1 Å². The number of aromatic nitrogens is 2. The van der Waals surface area contributed by atoms with E-state index in [1.807, 2.05) is 6.92 Å². The Morgan fingerprint density at radius 3 is 3.00 bits per heavy atom. The number of hydrogen-bond donors (Lipinski definition) is 1. The van der Waals surface area contributed by atoms with Crippen molar-refractivity contribution in [1.29, 1.82) is 0 Å². The van der Waals surface area contributed by atoms with Gasteiger partial charge in [0.15, 0.2) is 0 Å². The molecule has 0 fully saturated rings. The zero-order valence-electron chi connectivity index (χ0n) is 9.49. The fourth-order valence-electron chi connectivity index (χ4n) is 1.22. The fourth-order valence-corrected chi connectivity index (χ4v) is 1.52. The lowest BCUT2D eigenvalue weighted by molar-refractivity contribution is -0.121. The van der Waals surface area contributed by atoms with Crippen molar-refractivity contribution in [3.8, 4) is 0 Å². The second-order valence-corrected chi connectivity index (χ2v) is 4.29. The largest absolute Gasteiger partial charge is 0.385 e. The van der Waals surface area contributed by atoms with Crippen LogP contribution in [0.15, 0.2) is 10.7 Å². The number of carbonyl (C=O) groups is 1. The first kappa shape index (κ1) is 13.2. The maximum Gasteiger partial charge on any atom is 0.241 e. The number of ether oxygens (including phenoxy) is 1. The number of amides is 1. The predicted octanol–water partition coefficient (Wildman–Crippen LogP) is 1.11. The smallest absolute Gasteiger partial charge is 0.241 e. The van der Waals surface area contributed by atoms with E-state index in [2.05, 4.69) is 26.3 Å². The molecule has 0 unspecified atom stereocenters. The first-order chi connectivity index (χ1) is 7.65. The first-order valence-corrected chi connectivity index (χ1v) is 5.88. The molecular weight excluding hydrogens is 274 g/mol. The summed E-state index contributed by atoms with van der Waals surface area (Å²) in [4.78, 5) is 11.5.